The molecule has 1 aromatic heterocycles. The second-order valence-electron chi connectivity index (χ2n) is 4.89. The molecule has 20 heavy (non-hydrogen) atoms. The minimum atomic E-state index is 0.0890. The van der Waals surface area contributed by atoms with Gasteiger partial charge in [0.25, 0.3) is 0 Å². The minimum absolute atomic E-state index is 0.0890. The van der Waals surface area contributed by atoms with Gasteiger partial charge in [0.2, 0.25) is 0 Å². The molecule has 0 amide bonds. The fraction of sp³-hybridized carbons (Fsp3) is 0.200. The summed E-state index contributed by atoms with van der Waals surface area (Å²) in [5, 5.41) is 20.0. The molecule has 0 radical (unpaired) electrons. The molecule has 0 aliphatic rings. The highest BCUT2D eigenvalue weighted by Crippen LogP contribution is 2.19. The molecule has 102 valence electrons. The average molecular weight is 272 g/mol. The third-order valence-corrected chi connectivity index (χ3v) is 3.63. The van der Waals surface area contributed by atoms with Crippen LogP contribution in [0.25, 0.3) is 22.1 Å². The Morgan fingerprint density at radius 3 is 2.15 bits per heavy atom. The van der Waals surface area contributed by atoms with E-state index in [1.54, 1.807) is 24.0 Å². The molecule has 2 aromatic carbocycles. The van der Waals surface area contributed by atoms with Gasteiger partial charge in [0, 0.05) is 27.7 Å². The number of nitrogens with zero attached hydrogens (tertiary/aromatic N) is 2. The lowest BCUT2D eigenvalue weighted by Gasteiger charge is -2.02. The highest BCUT2D eigenvalue weighted by molar-refractivity contribution is 5.77. The number of phenols is 1. The van der Waals surface area contributed by atoms with Gasteiger partial charge in [-0.05, 0) is 31.0 Å². The van der Waals surface area contributed by atoms with Crippen molar-refractivity contribution in [3.8, 4) is 5.75 Å². The average Bonchev–Trinajstić information content (AvgIpc) is 2.42. The Morgan fingerprint density at radius 2 is 1.50 bits per heavy atom. The summed E-state index contributed by atoms with van der Waals surface area (Å²) in [4.78, 5) is 5.44. The predicted molar refractivity (Wildman–Crippen MR) is 72.7 cm³/mol. The fourth-order valence-electron chi connectivity index (χ4n) is 2.43. The van der Waals surface area contributed by atoms with E-state index in [1.807, 2.05) is 26.0 Å². The van der Waals surface area contributed by atoms with E-state index in [9.17, 15) is 10.3 Å². The Bertz CT molecular complexity index is 844. The van der Waals surface area contributed by atoms with Gasteiger partial charge in [-0.1, -0.05) is 0 Å². The van der Waals surface area contributed by atoms with Crippen molar-refractivity contribution >= 4 is 22.1 Å². The molecule has 0 fully saturated rings. The van der Waals surface area contributed by atoms with Crippen molar-refractivity contribution < 1.29 is 24.6 Å². The number of aromatic hydroxyl groups is 1. The molecular weight excluding hydrogens is 256 g/mol. The van der Waals surface area contributed by atoms with Crippen molar-refractivity contribution in [1.29, 1.82) is 0 Å². The molecule has 0 atom stereocenters. The van der Waals surface area contributed by atoms with Crippen molar-refractivity contribution in [2.75, 3.05) is 7.11 Å². The van der Waals surface area contributed by atoms with E-state index >= 15 is 0 Å². The number of hydrogen-bond acceptors (Lipinski definition) is 3. The lowest BCUT2D eigenvalue weighted by molar-refractivity contribution is -0.886. The maximum absolute atomic E-state index is 10.4. The maximum Gasteiger partial charge on any atom is 0.337 e. The Balaban J connectivity index is 2.60. The number of phenolic OH excluding ortho intramolecular Hbond substituents is 1. The first-order valence-electron chi connectivity index (χ1n) is 6.30. The molecule has 0 spiro atoms. The van der Waals surface area contributed by atoms with Crippen LogP contribution in [0, 0.1) is 13.8 Å². The minimum Gasteiger partial charge on any atom is -0.508 e. The lowest BCUT2D eigenvalue weighted by Crippen LogP contribution is -2.48. The Morgan fingerprint density at radius 1 is 0.900 bits per heavy atom. The summed E-state index contributed by atoms with van der Waals surface area (Å²) >= 11 is 0. The molecular formula is C15H16N2O3+2. The SMILES string of the molecule is CO[n+]1c2ccc(O)cc2[n+](O)c2cc(C)c(C)cc21. The normalized spacial score (nSPS) is 11.2. The standard InChI is InChI=1S/C15H15N2O3/c1-9-6-13-15(7-10(9)2)17(20-3)12-5-4-11(18)8-14(12)16(13)19/h4-8,19H,1-3H3/q+1/p+1. The topological polar surface area (TPSA) is 57.5 Å². The Hall–Kier alpha value is -2.56. The van der Waals surface area contributed by atoms with Crippen LogP contribution in [-0.4, -0.2) is 17.4 Å². The van der Waals surface area contributed by atoms with Gasteiger partial charge in [0.1, 0.15) is 12.9 Å². The number of hydrogen-bond donors (Lipinski definition) is 2. The Labute approximate surface area is 115 Å². The molecule has 0 aliphatic heterocycles. The zero-order chi connectivity index (χ0) is 14.4. The second kappa shape index (κ2) is 4.23. The fourth-order valence-corrected chi connectivity index (χ4v) is 2.43. The van der Waals surface area contributed by atoms with Crippen LogP contribution in [0.15, 0.2) is 30.3 Å². The van der Waals surface area contributed by atoms with Crippen LogP contribution in [0.2, 0.25) is 0 Å². The van der Waals surface area contributed by atoms with Crippen molar-refractivity contribution in [2.45, 2.75) is 13.8 Å². The second-order valence-corrected chi connectivity index (χ2v) is 4.89. The van der Waals surface area contributed by atoms with Crippen LogP contribution in [-0.2, 0) is 0 Å². The van der Waals surface area contributed by atoms with Gasteiger partial charge in [-0.2, -0.15) is 0 Å². The van der Waals surface area contributed by atoms with Gasteiger partial charge in [0.15, 0.2) is 0 Å². The van der Waals surface area contributed by atoms with Gasteiger partial charge in [-0.15, -0.1) is 0 Å². The van der Waals surface area contributed by atoms with E-state index in [4.69, 9.17) is 4.84 Å². The summed E-state index contributed by atoms with van der Waals surface area (Å²) in [5.74, 6) is 0.0890. The number of aromatic nitrogens is 2. The first kappa shape index (κ1) is 12.5. The first-order chi connectivity index (χ1) is 9.52. The first-order valence-corrected chi connectivity index (χ1v) is 6.30. The third-order valence-electron chi connectivity index (χ3n) is 3.63. The lowest BCUT2D eigenvalue weighted by atomic mass is 10.1. The van der Waals surface area contributed by atoms with Gasteiger partial charge in [0.05, 0.1) is 6.07 Å². The smallest absolute Gasteiger partial charge is 0.337 e. The van der Waals surface area contributed by atoms with Gasteiger partial charge in [-0.3, -0.25) is 10.0 Å². The van der Waals surface area contributed by atoms with E-state index < -0.39 is 0 Å². The molecule has 0 unspecified atom stereocenters. The molecule has 5 heteroatoms. The summed E-state index contributed by atoms with van der Waals surface area (Å²) in [7, 11) is 1.57. The Kier molecular flexibility index (Phi) is 2.64. The molecule has 0 aliphatic carbocycles. The molecule has 3 rings (SSSR count). The van der Waals surface area contributed by atoms with Gasteiger partial charge < -0.3 is 5.11 Å². The van der Waals surface area contributed by atoms with Crippen LogP contribution in [0.4, 0.5) is 0 Å². The van der Waals surface area contributed by atoms with Crippen molar-refractivity contribution in [1.82, 2.24) is 0 Å². The van der Waals surface area contributed by atoms with Crippen molar-refractivity contribution in [3.05, 3.63) is 41.5 Å². The molecule has 1 heterocycles. The van der Waals surface area contributed by atoms with E-state index in [-0.39, 0.29) is 5.75 Å². The van der Waals surface area contributed by atoms with Gasteiger partial charge in [-0.25, -0.2) is 0 Å². The quantitative estimate of drug-likeness (QED) is 0.397. The van der Waals surface area contributed by atoms with Crippen LogP contribution in [0.3, 0.4) is 0 Å². The van der Waals surface area contributed by atoms with E-state index in [0.717, 1.165) is 21.4 Å². The third kappa shape index (κ3) is 1.63. The highest BCUT2D eigenvalue weighted by Gasteiger charge is 2.30. The number of fused-ring (bicyclic) bond motifs is 2. The number of benzene rings is 2. The summed E-state index contributed by atoms with van der Waals surface area (Å²) in [6.07, 6.45) is 0. The zero-order valence-electron chi connectivity index (χ0n) is 11.6. The van der Waals surface area contributed by atoms with E-state index in [2.05, 4.69) is 0 Å². The predicted octanol–water partition coefficient (Wildman–Crippen LogP) is 1.19. The van der Waals surface area contributed by atoms with Crippen molar-refractivity contribution in [3.63, 3.8) is 0 Å². The van der Waals surface area contributed by atoms with Crippen LogP contribution in [0.5, 0.6) is 5.75 Å². The molecule has 2 N–H and O–H groups in total. The summed E-state index contributed by atoms with van der Waals surface area (Å²) in [6, 6.07) is 8.62. The number of aryl methyl sites for hydroxylation is 2. The summed E-state index contributed by atoms with van der Waals surface area (Å²) in [6.45, 7) is 4.00. The molecule has 3 aromatic rings. The van der Waals surface area contributed by atoms with Crippen molar-refractivity contribution in [2.24, 2.45) is 0 Å². The molecule has 0 saturated carbocycles. The van der Waals surface area contributed by atoms with Crippen LogP contribution < -0.4 is 14.3 Å². The molecule has 0 saturated heterocycles. The summed E-state index contributed by atoms with van der Waals surface area (Å²) < 4.78 is 2.72. The largest absolute Gasteiger partial charge is 0.508 e. The van der Waals surface area contributed by atoms with E-state index in [1.165, 1.54) is 6.07 Å². The van der Waals surface area contributed by atoms with Crippen LogP contribution in [0.1, 0.15) is 11.1 Å². The van der Waals surface area contributed by atoms with Crippen LogP contribution >= 0.6 is 0 Å². The molecule has 5 nitrogen and oxygen atoms in total. The number of rotatable bonds is 1. The molecule has 0 bridgehead atoms. The van der Waals surface area contributed by atoms with Gasteiger partial charge >= 0.3 is 22.1 Å². The highest BCUT2D eigenvalue weighted by atomic mass is 16.6. The monoisotopic (exact) mass is 272 g/mol. The van der Waals surface area contributed by atoms with E-state index in [0.29, 0.717) is 16.6 Å². The zero-order valence-corrected chi connectivity index (χ0v) is 11.6. The summed E-state index contributed by atoms with van der Waals surface area (Å²) in [5.41, 5.74) is 4.71. The maximum atomic E-state index is 10.4.